The average Bonchev–Trinajstić information content (AvgIpc) is 3.00. The number of hydrogen-bond acceptors (Lipinski definition) is 4. The minimum atomic E-state index is -4.29. The minimum absolute atomic E-state index is 0.00724. The van der Waals surface area contributed by atoms with Crippen molar-refractivity contribution in [2.24, 2.45) is 0 Å². The van der Waals surface area contributed by atoms with E-state index in [2.05, 4.69) is 5.32 Å². The average molecular weight is 594 g/mol. The Kier molecular flexibility index (Phi) is 9.75. The fourth-order valence-corrected chi connectivity index (χ4v) is 5.99. The maximum atomic E-state index is 14.1. The molecule has 7 nitrogen and oxygen atoms in total. The summed E-state index contributed by atoms with van der Waals surface area (Å²) >= 11 is 6.02. The summed E-state index contributed by atoms with van der Waals surface area (Å²) in [7, 11) is -2.81. The van der Waals surface area contributed by atoms with Crippen molar-refractivity contribution >= 4 is 39.1 Å². The van der Waals surface area contributed by atoms with Gasteiger partial charge in [-0.3, -0.25) is 13.9 Å². The normalized spacial score (nSPS) is 11.9. The Hall–Kier alpha value is -4.21. The summed E-state index contributed by atoms with van der Waals surface area (Å²) in [6.45, 7) is -0.609. The minimum Gasteiger partial charge on any atom is -0.357 e. The van der Waals surface area contributed by atoms with Crippen LogP contribution >= 0.6 is 11.6 Å². The van der Waals surface area contributed by atoms with Crippen LogP contribution in [0.1, 0.15) is 11.1 Å². The van der Waals surface area contributed by atoms with Crippen LogP contribution < -0.4 is 9.62 Å². The van der Waals surface area contributed by atoms with Crippen molar-refractivity contribution in [3.8, 4) is 0 Å². The Morgan fingerprint density at radius 2 is 1.41 bits per heavy atom. The van der Waals surface area contributed by atoms with Gasteiger partial charge in [-0.25, -0.2) is 12.8 Å². The molecule has 1 unspecified atom stereocenters. The van der Waals surface area contributed by atoms with Crippen LogP contribution in [0.2, 0.25) is 5.02 Å². The van der Waals surface area contributed by atoms with Crippen LogP contribution in [0.4, 0.5) is 10.1 Å². The number of hydrogen-bond donors (Lipinski definition) is 1. The third-order valence-corrected chi connectivity index (χ3v) is 8.59. The van der Waals surface area contributed by atoms with Crippen LogP contribution in [0.3, 0.4) is 0 Å². The van der Waals surface area contributed by atoms with Crippen LogP contribution in [-0.4, -0.2) is 44.8 Å². The van der Waals surface area contributed by atoms with Gasteiger partial charge in [0.25, 0.3) is 10.0 Å². The van der Waals surface area contributed by atoms with Gasteiger partial charge in [0, 0.05) is 20.0 Å². The van der Waals surface area contributed by atoms with Gasteiger partial charge in [-0.2, -0.15) is 0 Å². The highest BCUT2D eigenvalue weighted by Gasteiger charge is 2.34. The smallest absolute Gasteiger partial charge is 0.264 e. The van der Waals surface area contributed by atoms with Gasteiger partial charge < -0.3 is 10.2 Å². The first-order chi connectivity index (χ1) is 19.7. The predicted molar refractivity (Wildman–Crippen MR) is 157 cm³/mol. The van der Waals surface area contributed by atoms with E-state index in [9.17, 15) is 22.4 Å². The quantitative estimate of drug-likeness (QED) is 0.263. The summed E-state index contributed by atoms with van der Waals surface area (Å²) in [5.41, 5.74) is 1.59. The van der Waals surface area contributed by atoms with Crippen LogP contribution in [0.15, 0.2) is 114 Å². The lowest BCUT2D eigenvalue weighted by Crippen LogP contribution is -2.53. The zero-order valence-corrected chi connectivity index (χ0v) is 23.9. The van der Waals surface area contributed by atoms with Gasteiger partial charge in [0.2, 0.25) is 11.8 Å². The van der Waals surface area contributed by atoms with Gasteiger partial charge in [-0.15, -0.1) is 0 Å². The number of carbonyl (C=O) groups is 2. The summed E-state index contributed by atoms with van der Waals surface area (Å²) in [5.74, 6) is -1.76. The number of halogens is 2. The molecule has 1 atom stereocenters. The Bertz CT molecular complexity index is 1590. The van der Waals surface area contributed by atoms with E-state index in [0.29, 0.717) is 0 Å². The first kappa shape index (κ1) is 29.8. The molecule has 0 aliphatic heterocycles. The summed E-state index contributed by atoms with van der Waals surface area (Å²) in [6, 6.07) is 28.5. The molecule has 2 amide bonds. The topological polar surface area (TPSA) is 86.8 Å². The molecule has 4 rings (SSSR count). The molecule has 0 aromatic heterocycles. The zero-order chi connectivity index (χ0) is 29.4. The number of amides is 2. The third kappa shape index (κ3) is 7.31. The Labute approximate surface area is 244 Å². The lowest BCUT2D eigenvalue weighted by molar-refractivity contribution is -0.139. The van der Waals surface area contributed by atoms with E-state index in [-0.39, 0.29) is 28.6 Å². The van der Waals surface area contributed by atoms with Crippen LogP contribution in [0.25, 0.3) is 0 Å². The highest BCUT2D eigenvalue weighted by molar-refractivity contribution is 7.92. The lowest BCUT2D eigenvalue weighted by Gasteiger charge is -2.33. The molecule has 212 valence electrons. The number of nitrogens with zero attached hydrogens (tertiary/aromatic N) is 2. The number of carbonyl (C=O) groups excluding carboxylic acids is 2. The van der Waals surface area contributed by atoms with E-state index < -0.39 is 40.2 Å². The largest absolute Gasteiger partial charge is 0.357 e. The molecule has 0 spiro atoms. The maximum absolute atomic E-state index is 14.1. The van der Waals surface area contributed by atoms with E-state index in [1.165, 1.54) is 30.1 Å². The number of rotatable bonds is 11. The molecular formula is C31H29ClFN3O4S. The Morgan fingerprint density at radius 1 is 0.854 bits per heavy atom. The molecule has 0 heterocycles. The summed E-state index contributed by atoms with van der Waals surface area (Å²) in [4.78, 5) is 28.7. The molecule has 0 aliphatic rings. The monoisotopic (exact) mass is 593 g/mol. The zero-order valence-electron chi connectivity index (χ0n) is 22.3. The molecule has 4 aromatic carbocycles. The van der Waals surface area contributed by atoms with Crippen molar-refractivity contribution < 1.29 is 22.4 Å². The summed E-state index contributed by atoms with van der Waals surface area (Å²) in [5, 5.41) is 2.34. The predicted octanol–water partition coefficient (Wildman–Crippen LogP) is 5.06. The summed E-state index contributed by atoms with van der Waals surface area (Å²) < 4.78 is 42.6. The van der Waals surface area contributed by atoms with Gasteiger partial charge in [0.15, 0.2) is 0 Å². The van der Waals surface area contributed by atoms with Gasteiger partial charge in [-0.05, 0) is 41.5 Å². The second-order valence-corrected chi connectivity index (χ2v) is 11.5. The molecule has 0 saturated heterocycles. The van der Waals surface area contributed by atoms with Crippen LogP contribution in [0, 0.1) is 5.82 Å². The fraction of sp³-hybridized carbons (Fsp3) is 0.161. The van der Waals surface area contributed by atoms with Crippen molar-refractivity contribution in [3.05, 3.63) is 131 Å². The van der Waals surface area contributed by atoms with Gasteiger partial charge in [0.05, 0.1) is 15.6 Å². The van der Waals surface area contributed by atoms with Crippen molar-refractivity contribution in [1.29, 1.82) is 0 Å². The molecule has 41 heavy (non-hydrogen) atoms. The van der Waals surface area contributed by atoms with Crippen molar-refractivity contribution in [3.63, 3.8) is 0 Å². The second-order valence-electron chi connectivity index (χ2n) is 9.25. The molecule has 0 radical (unpaired) electrons. The van der Waals surface area contributed by atoms with Crippen molar-refractivity contribution in [2.45, 2.75) is 23.9 Å². The van der Waals surface area contributed by atoms with E-state index >= 15 is 0 Å². The van der Waals surface area contributed by atoms with Crippen molar-refractivity contribution in [2.75, 3.05) is 17.9 Å². The molecule has 0 saturated carbocycles. The van der Waals surface area contributed by atoms with E-state index in [1.54, 1.807) is 18.2 Å². The lowest BCUT2D eigenvalue weighted by atomic mass is 10.0. The second kappa shape index (κ2) is 13.4. The van der Waals surface area contributed by atoms with E-state index in [1.807, 2.05) is 60.7 Å². The van der Waals surface area contributed by atoms with Gasteiger partial charge in [0.1, 0.15) is 18.4 Å². The fourth-order valence-electron chi connectivity index (χ4n) is 4.39. The number of sulfonamides is 1. The SMILES string of the molecule is CNC(=O)C(Cc1ccccc1)N(Cc1ccccc1)C(=O)CN(c1ccc(F)c(Cl)c1)S(=O)(=O)c1ccccc1. The highest BCUT2D eigenvalue weighted by atomic mass is 35.5. The molecule has 0 aliphatic carbocycles. The van der Waals surface area contributed by atoms with Crippen molar-refractivity contribution in [1.82, 2.24) is 10.2 Å². The molecule has 0 bridgehead atoms. The first-order valence-corrected chi connectivity index (χ1v) is 14.6. The van der Waals surface area contributed by atoms with Crippen LogP contribution in [0.5, 0.6) is 0 Å². The Balaban J connectivity index is 1.78. The van der Waals surface area contributed by atoms with Gasteiger partial charge in [-0.1, -0.05) is 90.5 Å². The first-order valence-electron chi connectivity index (χ1n) is 12.8. The van der Waals surface area contributed by atoms with Gasteiger partial charge >= 0.3 is 0 Å². The third-order valence-electron chi connectivity index (χ3n) is 6.51. The molecule has 4 aromatic rings. The highest BCUT2D eigenvalue weighted by Crippen LogP contribution is 2.28. The molecular weight excluding hydrogens is 565 g/mol. The van der Waals surface area contributed by atoms with E-state index in [0.717, 1.165) is 27.6 Å². The molecule has 1 N–H and O–H groups in total. The maximum Gasteiger partial charge on any atom is 0.264 e. The number of likely N-dealkylation sites (N-methyl/N-ethyl adjacent to an activating group) is 1. The molecule has 10 heteroatoms. The Morgan fingerprint density at radius 3 is 1.98 bits per heavy atom. The number of nitrogens with one attached hydrogen (secondary N) is 1. The number of benzene rings is 4. The summed E-state index contributed by atoms with van der Waals surface area (Å²) in [6.07, 6.45) is 0.201. The molecule has 0 fully saturated rings. The standard InChI is InChI=1S/C31H29ClFN3O4S/c1-34-31(38)29(19-23-11-5-2-6-12-23)35(21-24-13-7-3-8-14-24)30(37)22-36(25-17-18-28(33)27(32)20-25)41(39,40)26-15-9-4-10-16-26/h2-18,20,29H,19,21-22H2,1H3,(H,34,38). The number of anilines is 1. The van der Waals surface area contributed by atoms with Crippen LogP contribution in [-0.2, 0) is 32.6 Å². The van der Waals surface area contributed by atoms with E-state index in [4.69, 9.17) is 11.6 Å².